The van der Waals surface area contributed by atoms with Gasteiger partial charge in [0.25, 0.3) is 0 Å². The van der Waals surface area contributed by atoms with Gasteiger partial charge in [-0.3, -0.25) is 23.7 Å². The van der Waals surface area contributed by atoms with Crippen LogP contribution in [0.4, 0.5) is 28.2 Å². The van der Waals surface area contributed by atoms with E-state index in [4.69, 9.17) is 55.9 Å². The number of aliphatic hydroxyl groups excluding tert-OH is 1. The molecule has 5 aromatic carbocycles. The summed E-state index contributed by atoms with van der Waals surface area (Å²) in [5, 5.41) is 28.1. The second kappa shape index (κ2) is 33.8. The SMILES string of the molecule is BrB(Br)Br.C=CC(=O)Cl.C=CC(=O)N1CCN(c2snc3c(F)c(-c4cc(OC)cc5cn(C)nc45)c(Cl)cc23)CC1.C=CC(=O)N1CCN(c2snc3c(F)c(C4=CC(O)=CC5CN(C)NC45)c(Cl)cc23)CC1.COc1cc(-c2c(Cl)cc3c(N4CCCCC4)snc3c2F)c2nn(C)cc2c1. The summed E-state index contributed by atoms with van der Waals surface area (Å²) in [6.45, 7) is 17.6. The van der Waals surface area contributed by atoms with E-state index in [1.165, 1.54) is 53.2 Å². The Morgan fingerprint density at radius 1 is 0.592 bits per heavy atom. The lowest BCUT2D eigenvalue weighted by molar-refractivity contribution is -0.127. The van der Waals surface area contributed by atoms with Crippen molar-refractivity contribution in [2.24, 2.45) is 20.0 Å². The zero-order chi connectivity index (χ0) is 73.8. The number of benzene rings is 5. The number of allylic oxidation sites excluding steroid dienone is 2. The molecule has 0 spiro atoms. The van der Waals surface area contributed by atoms with Crippen molar-refractivity contribution in [2.75, 3.05) is 108 Å². The number of ether oxygens (including phenoxy) is 2. The smallest absolute Gasteiger partial charge is 0.369 e. The Morgan fingerprint density at radius 2 is 0.971 bits per heavy atom. The molecule has 2 unspecified atom stereocenters. The minimum atomic E-state index is -0.509. The van der Waals surface area contributed by atoms with Crippen LogP contribution in [0.5, 0.6) is 11.5 Å². The van der Waals surface area contributed by atoms with E-state index in [-0.39, 0.29) is 64.9 Å². The van der Waals surface area contributed by atoms with Gasteiger partial charge in [0, 0.05) is 166 Å². The highest BCUT2D eigenvalue weighted by Crippen LogP contribution is 2.48. The normalized spacial score (nSPS) is 16.7. The number of hydrogen-bond acceptors (Lipinski definition) is 19. The number of anilines is 3. The van der Waals surface area contributed by atoms with Crippen LogP contribution in [0.15, 0.2) is 111 Å². The lowest BCUT2D eigenvalue weighted by Gasteiger charge is -2.34. The number of methoxy groups -OCH3 is 2. The van der Waals surface area contributed by atoms with Gasteiger partial charge in [-0.25, -0.2) is 23.6 Å². The molecule has 9 heterocycles. The number of halogens is 10. The predicted molar refractivity (Wildman–Crippen MR) is 426 cm³/mol. The number of nitrogens with zero attached hydrogens (tertiary/aromatic N) is 13. The molecule has 4 fully saturated rings. The summed E-state index contributed by atoms with van der Waals surface area (Å²) in [6, 6.07) is 12.5. The van der Waals surface area contributed by atoms with Gasteiger partial charge in [0.1, 0.15) is 59.8 Å². The maximum absolute atomic E-state index is 15.9. The van der Waals surface area contributed by atoms with Gasteiger partial charge in [-0.15, -0.1) is 47.3 Å². The van der Waals surface area contributed by atoms with E-state index in [0.717, 1.165) is 63.2 Å². The molecular formula is C69H67BBr3Cl4F3N14O6S3. The lowest BCUT2D eigenvalue weighted by Crippen LogP contribution is -2.48. The van der Waals surface area contributed by atoms with E-state index in [2.05, 4.69) is 110 Å². The summed E-state index contributed by atoms with van der Waals surface area (Å²) in [5.74, 6) is -0.192. The molecular weight excluding hydrogens is 1670 g/mol. The Kier molecular flexibility index (Phi) is 25.3. The number of aliphatic hydroxyl groups is 1. The number of fused-ring (bicyclic) bond motifs is 6. The predicted octanol–water partition coefficient (Wildman–Crippen LogP) is 16.4. The minimum Gasteiger partial charge on any atom is -0.508 e. The Labute approximate surface area is 648 Å². The van der Waals surface area contributed by atoms with Crippen molar-refractivity contribution in [1.82, 2.24) is 52.9 Å². The molecule has 103 heavy (non-hydrogen) atoms. The number of piperidine rings is 1. The van der Waals surface area contributed by atoms with Gasteiger partial charge in [0.05, 0.1) is 35.3 Å². The summed E-state index contributed by atoms with van der Waals surface area (Å²) in [5.41, 5.74) is 8.17. The van der Waals surface area contributed by atoms with Gasteiger partial charge in [-0.05, 0) is 144 Å². The van der Waals surface area contributed by atoms with Crippen molar-refractivity contribution in [1.29, 1.82) is 0 Å². The Bertz CT molecular complexity index is 5000. The van der Waals surface area contributed by atoms with Crippen LogP contribution in [0.2, 0.25) is 15.1 Å². The summed E-state index contributed by atoms with van der Waals surface area (Å²) >= 11 is 37.8. The number of carbonyl (C=O) groups is 3. The highest BCUT2D eigenvalue weighted by Gasteiger charge is 2.38. The van der Waals surface area contributed by atoms with E-state index in [0.29, 0.717) is 125 Å². The number of amides is 2. The molecule has 4 saturated heterocycles. The number of piperazine rings is 2. The molecule has 4 aliphatic heterocycles. The molecule has 15 rings (SSSR count). The van der Waals surface area contributed by atoms with Gasteiger partial charge in [-0.2, -0.15) is 23.3 Å². The molecule has 10 aromatic rings. The highest BCUT2D eigenvalue weighted by atomic mass is 79.9. The highest BCUT2D eigenvalue weighted by molar-refractivity contribution is 9.69. The lowest BCUT2D eigenvalue weighted by atomic mass is 9.85. The third kappa shape index (κ3) is 16.7. The first-order valence-corrected chi connectivity index (χ1v) is 38.7. The van der Waals surface area contributed by atoms with Gasteiger partial charge < -0.3 is 39.1 Å². The van der Waals surface area contributed by atoms with Crippen LogP contribution in [0.3, 0.4) is 0 Å². The van der Waals surface area contributed by atoms with Crippen LogP contribution in [0, 0.1) is 23.4 Å². The minimum absolute atomic E-state index is 0.0201. The zero-order valence-corrected chi connectivity index (χ0v) is 66.4. The fourth-order valence-corrected chi connectivity index (χ4v) is 16.7. The summed E-state index contributed by atoms with van der Waals surface area (Å²) in [7, 11) is 8.72. The molecule has 2 N–H and O–H groups in total. The number of hydrazine groups is 1. The first-order chi connectivity index (χ1) is 49.3. The molecule has 2 amide bonds. The Balaban J connectivity index is 0.000000146. The molecule has 2 atom stereocenters. The van der Waals surface area contributed by atoms with Crippen molar-refractivity contribution in [3.05, 3.63) is 149 Å². The van der Waals surface area contributed by atoms with Gasteiger partial charge in [0.2, 0.25) is 17.1 Å². The van der Waals surface area contributed by atoms with E-state index >= 15 is 13.2 Å². The molecule has 20 nitrogen and oxygen atoms in total. The largest absolute Gasteiger partial charge is 0.508 e. The van der Waals surface area contributed by atoms with Crippen LogP contribution in [-0.2, 0) is 28.5 Å². The molecule has 34 heteroatoms. The summed E-state index contributed by atoms with van der Waals surface area (Å²) in [4.78, 5) is 43.2. The number of carbonyl (C=O) groups excluding carboxylic acids is 3. The second-order valence-electron chi connectivity index (χ2n) is 24.3. The first kappa shape index (κ1) is 77.3. The molecule has 5 aliphatic rings. The molecule has 5 aromatic heterocycles. The average molecular weight is 1730 g/mol. The maximum Gasteiger partial charge on any atom is 0.369 e. The molecule has 1 aliphatic carbocycles. The van der Waals surface area contributed by atoms with Crippen LogP contribution in [0.1, 0.15) is 24.8 Å². The molecule has 540 valence electrons. The second-order valence-corrected chi connectivity index (χ2v) is 34.6. The molecule has 0 saturated carbocycles. The number of aromatic nitrogens is 7. The zero-order valence-electron chi connectivity index (χ0n) is 56.1. The third-order valence-corrected chi connectivity index (χ3v) is 21.7. The Hall–Kier alpha value is -6.81. The van der Waals surface area contributed by atoms with Gasteiger partial charge in [-0.1, -0.05) is 54.5 Å². The van der Waals surface area contributed by atoms with Crippen molar-refractivity contribution < 1.29 is 42.1 Å². The van der Waals surface area contributed by atoms with Crippen molar-refractivity contribution in [3.8, 4) is 33.8 Å². The molecule has 0 bridgehead atoms. The Morgan fingerprint density at radius 3 is 1.35 bits per heavy atom. The first-order valence-electron chi connectivity index (χ1n) is 32.1. The van der Waals surface area contributed by atoms with Crippen LogP contribution >= 0.6 is 128 Å². The monoisotopic (exact) mass is 1730 g/mol. The third-order valence-electron chi connectivity index (χ3n) is 17.8. The van der Waals surface area contributed by atoms with Gasteiger partial charge in [0.15, 0.2) is 17.5 Å². The quantitative estimate of drug-likeness (QED) is 0.0704. The number of aryl methyl sites for hydroxylation is 2. The number of hydrogen-bond donors (Lipinski definition) is 2. The standard InChI is InChI=1S/C23H21ClFN5O2S.C22H23ClFN5O2S.C21H20ClFN4OS.C3H3ClO.BBr3/c1-4-18(31)29-5-7-30(8-6-29)23-16-11-17(24)19(20(25)22(16)27-33-23)15-10-14(32-3)9-13-12-28(2)26-21(13)15;1-3-17(31)28-4-6-29(7-5-28)22-15-10-16(23)18(19(24)21(15)26-32-22)14-9-13(30)8-12-11-27(2)25-20(12)14;1-26-11-12-8-13(28-2)9-14(19(12)24-26)17-16(22)10-15-20(18(17)23)25-29-21(15)27-6-4-3-5-7-27;1-2-3(4)5;2-1(3)4/h4,9-12H,1,5-8H2,2-3H3;3,8-10,12,20,25,30H,1,4-7,11H2,2H3;8-11H,3-7H2,1-2H3;2H,1H2;. The van der Waals surface area contributed by atoms with Crippen LogP contribution < -0.4 is 29.6 Å². The van der Waals surface area contributed by atoms with Crippen molar-refractivity contribution in [2.45, 2.75) is 25.3 Å². The van der Waals surface area contributed by atoms with Crippen LogP contribution in [0.25, 0.3) is 82.3 Å². The summed E-state index contributed by atoms with van der Waals surface area (Å²) in [6.07, 6.45) is 14.3. The fraction of sp³-hybridized carbons (Fsp3) is 0.304. The van der Waals surface area contributed by atoms with E-state index in [1.807, 2.05) is 56.7 Å². The maximum atomic E-state index is 15.9. The fourth-order valence-electron chi connectivity index (χ4n) is 13.1. The van der Waals surface area contributed by atoms with E-state index in [9.17, 15) is 19.5 Å². The number of nitrogens with one attached hydrogen (secondary N) is 1. The average Bonchev–Trinajstić information content (AvgIpc) is 1.67. The summed E-state index contributed by atoms with van der Waals surface area (Å²) < 4.78 is 75.2. The van der Waals surface area contributed by atoms with E-state index < -0.39 is 22.7 Å². The topological polar surface area (TPSA) is 196 Å². The van der Waals surface area contributed by atoms with Gasteiger partial charge >= 0.3 is 3.18 Å². The van der Waals surface area contributed by atoms with Crippen molar-refractivity contribution in [3.63, 3.8) is 0 Å². The van der Waals surface area contributed by atoms with Crippen molar-refractivity contribution >= 4 is 224 Å². The van der Waals surface area contributed by atoms with Crippen LogP contribution in [-0.4, -0.2) is 172 Å². The van der Waals surface area contributed by atoms with E-state index in [1.54, 1.807) is 69.8 Å². The molecule has 0 radical (unpaired) electrons. The number of rotatable bonds is 11.